The lowest BCUT2D eigenvalue weighted by molar-refractivity contribution is -0.383. The van der Waals surface area contributed by atoms with E-state index in [1.165, 1.54) is 6.07 Å². The molecule has 1 atom stereocenters. The Morgan fingerprint density at radius 2 is 2.10 bits per heavy atom. The lowest BCUT2D eigenvalue weighted by Crippen LogP contribution is -2.24. The molecule has 0 radical (unpaired) electrons. The minimum atomic E-state index is -0.390. The van der Waals surface area contributed by atoms with Crippen LogP contribution >= 0.6 is 0 Å². The first kappa shape index (κ1) is 14.2. The molecule has 0 aliphatic carbocycles. The summed E-state index contributed by atoms with van der Waals surface area (Å²) < 4.78 is 0. The van der Waals surface area contributed by atoms with Gasteiger partial charge in [-0.3, -0.25) is 10.1 Å². The van der Waals surface area contributed by atoms with E-state index >= 15 is 0 Å². The molecular formula is C15H19N3O2. The molecule has 106 valence electrons. The Morgan fingerprint density at radius 1 is 1.35 bits per heavy atom. The van der Waals surface area contributed by atoms with E-state index in [0.717, 1.165) is 17.5 Å². The van der Waals surface area contributed by atoms with Gasteiger partial charge in [0.15, 0.2) is 0 Å². The third kappa shape index (κ3) is 2.71. The first-order valence-electron chi connectivity index (χ1n) is 6.83. The number of nitrogens with zero attached hydrogens (tertiary/aromatic N) is 2. The number of hydrogen-bond donors (Lipinski definition) is 1. The van der Waals surface area contributed by atoms with Crippen LogP contribution in [0.3, 0.4) is 0 Å². The highest BCUT2D eigenvalue weighted by atomic mass is 16.6. The Kier molecular flexibility index (Phi) is 4.17. The standard InChI is InChI=1S/C15H19N3O2/c1-4-12(10(2)3)17-13-7-8-14(18(19)20)15-11(13)6-5-9-16-15/h5-10,12,17H,4H2,1-3H3. The molecule has 5 heteroatoms. The summed E-state index contributed by atoms with van der Waals surface area (Å²) in [6.45, 7) is 6.45. The molecule has 1 aromatic carbocycles. The number of fused-ring (bicyclic) bond motifs is 1. The molecule has 1 unspecified atom stereocenters. The summed E-state index contributed by atoms with van der Waals surface area (Å²) in [5, 5.41) is 15.3. The van der Waals surface area contributed by atoms with Gasteiger partial charge in [0.1, 0.15) is 5.52 Å². The minimum absolute atomic E-state index is 0.0451. The summed E-state index contributed by atoms with van der Waals surface area (Å²) in [5.41, 5.74) is 1.38. The third-order valence-electron chi connectivity index (χ3n) is 3.53. The van der Waals surface area contributed by atoms with Crippen molar-refractivity contribution in [1.82, 2.24) is 4.98 Å². The van der Waals surface area contributed by atoms with Gasteiger partial charge < -0.3 is 5.32 Å². The van der Waals surface area contributed by atoms with Crippen LogP contribution in [-0.4, -0.2) is 15.9 Å². The van der Waals surface area contributed by atoms with Crippen molar-refractivity contribution in [3.8, 4) is 0 Å². The van der Waals surface area contributed by atoms with Crippen LogP contribution in [0, 0.1) is 16.0 Å². The van der Waals surface area contributed by atoms with Gasteiger partial charge in [-0.2, -0.15) is 0 Å². The maximum Gasteiger partial charge on any atom is 0.295 e. The molecule has 0 spiro atoms. The predicted molar refractivity (Wildman–Crippen MR) is 80.9 cm³/mol. The molecule has 0 aliphatic rings. The third-order valence-corrected chi connectivity index (χ3v) is 3.53. The van der Waals surface area contributed by atoms with E-state index in [1.807, 2.05) is 6.07 Å². The zero-order chi connectivity index (χ0) is 14.7. The van der Waals surface area contributed by atoms with Gasteiger partial charge in [-0.25, -0.2) is 4.98 Å². The van der Waals surface area contributed by atoms with Gasteiger partial charge >= 0.3 is 0 Å². The number of pyridine rings is 1. The Labute approximate surface area is 118 Å². The highest BCUT2D eigenvalue weighted by molar-refractivity contribution is 5.96. The number of nitro benzene ring substituents is 1. The molecule has 1 N–H and O–H groups in total. The fraction of sp³-hybridized carbons (Fsp3) is 0.400. The van der Waals surface area contributed by atoms with Gasteiger partial charge in [0.2, 0.25) is 0 Å². The molecule has 2 rings (SSSR count). The Hall–Kier alpha value is -2.17. The first-order chi connectivity index (χ1) is 9.54. The van der Waals surface area contributed by atoms with Crippen LogP contribution in [0.1, 0.15) is 27.2 Å². The number of hydrogen-bond acceptors (Lipinski definition) is 4. The quantitative estimate of drug-likeness (QED) is 0.660. The summed E-state index contributed by atoms with van der Waals surface area (Å²) in [7, 11) is 0. The van der Waals surface area contributed by atoms with Crippen molar-refractivity contribution in [3.05, 3.63) is 40.6 Å². The van der Waals surface area contributed by atoms with Crippen molar-refractivity contribution in [2.75, 3.05) is 5.32 Å². The lowest BCUT2D eigenvalue weighted by Gasteiger charge is -2.22. The zero-order valence-electron chi connectivity index (χ0n) is 12.0. The molecule has 0 saturated heterocycles. The molecule has 0 bridgehead atoms. The van der Waals surface area contributed by atoms with Gasteiger partial charge in [-0.15, -0.1) is 0 Å². The average Bonchev–Trinajstić information content (AvgIpc) is 2.43. The number of non-ortho nitro benzene ring substituents is 1. The first-order valence-corrected chi connectivity index (χ1v) is 6.83. The Morgan fingerprint density at radius 3 is 2.70 bits per heavy atom. The van der Waals surface area contributed by atoms with Gasteiger partial charge in [0.05, 0.1) is 4.92 Å². The van der Waals surface area contributed by atoms with E-state index in [-0.39, 0.29) is 5.69 Å². The molecule has 1 heterocycles. The lowest BCUT2D eigenvalue weighted by atomic mass is 10.0. The topological polar surface area (TPSA) is 68.1 Å². The van der Waals surface area contributed by atoms with E-state index in [1.54, 1.807) is 18.3 Å². The van der Waals surface area contributed by atoms with E-state index < -0.39 is 4.92 Å². The number of rotatable bonds is 5. The van der Waals surface area contributed by atoms with Crippen LogP contribution < -0.4 is 5.32 Å². The summed E-state index contributed by atoms with van der Waals surface area (Å²) in [4.78, 5) is 14.8. The molecular weight excluding hydrogens is 254 g/mol. The smallest absolute Gasteiger partial charge is 0.295 e. The summed E-state index contributed by atoms with van der Waals surface area (Å²) in [6, 6.07) is 7.29. The van der Waals surface area contributed by atoms with Crippen molar-refractivity contribution < 1.29 is 4.92 Å². The second kappa shape index (κ2) is 5.86. The summed E-state index contributed by atoms with van der Waals surface area (Å²) >= 11 is 0. The van der Waals surface area contributed by atoms with E-state index in [9.17, 15) is 10.1 Å². The SMILES string of the molecule is CCC(Nc1ccc([N+](=O)[O-])c2ncccc12)C(C)C. The molecule has 0 aliphatic heterocycles. The molecule has 0 saturated carbocycles. The predicted octanol–water partition coefficient (Wildman–Crippen LogP) is 3.99. The largest absolute Gasteiger partial charge is 0.382 e. The molecule has 0 fully saturated rings. The highest BCUT2D eigenvalue weighted by Crippen LogP contribution is 2.30. The van der Waals surface area contributed by atoms with Crippen molar-refractivity contribution in [1.29, 1.82) is 0 Å². The van der Waals surface area contributed by atoms with Crippen molar-refractivity contribution in [3.63, 3.8) is 0 Å². The normalized spacial score (nSPS) is 12.6. The highest BCUT2D eigenvalue weighted by Gasteiger charge is 2.17. The van der Waals surface area contributed by atoms with E-state index in [2.05, 4.69) is 31.1 Å². The minimum Gasteiger partial charge on any atom is -0.382 e. The summed E-state index contributed by atoms with van der Waals surface area (Å²) in [5.74, 6) is 0.488. The van der Waals surface area contributed by atoms with Crippen LogP contribution in [0.5, 0.6) is 0 Å². The van der Waals surface area contributed by atoms with Gasteiger partial charge in [-0.05, 0) is 30.5 Å². The summed E-state index contributed by atoms with van der Waals surface area (Å²) in [6.07, 6.45) is 2.58. The number of nitro groups is 1. The van der Waals surface area contributed by atoms with Crippen molar-refractivity contribution in [2.45, 2.75) is 33.2 Å². The van der Waals surface area contributed by atoms with Crippen molar-refractivity contribution >= 4 is 22.3 Å². The molecule has 0 amide bonds. The van der Waals surface area contributed by atoms with Crippen molar-refractivity contribution in [2.24, 2.45) is 5.92 Å². The molecule has 20 heavy (non-hydrogen) atoms. The second-order valence-corrected chi connectivity index (χ2v) is 5.19. The van der Waals surface area contributed by atoms with Crippen LogP contribution in [-0.2, 0) is 0 Å². The average molecular weight is 273 g/mol. The second-order valence-electron chi connectivity index (χ2n) is 5.19. The fourth-order valence-electron chi connectivity index (χ4n) is 2.37. The monoisotopic (exact) mass is 273 g/mol. The van der Waals surface area contributed by atoms with E-state index in [0.29, 0.717) is 17.5 Å². The Balaban J connectivity index is 2.50. The van der Waals surface area contributed by atoms with Crippen LogP contribution in [0.4, 0.5) is 11.4 Å². The molecule has 5 nitrogen and oxygen atoms in total. The number of aromatic nitrogens is 1. The van der Waals surface area contributed by atoms with E-state index in [4.69, 9.17) is 0 Å². The maximum absolute atomic E-state index is 11.1. The number of nitrogens with one attached hydrogen (secondary N) is 1. The van der Waals surface area contributed by atoms with Gasteiger partial charge in [0, 0.05) is 29.4 Å². The van der Waals surface area contributed by atoms with Gasteiger partial charge in [0.25, 0.3) is 5.69 Å². The molecule has 2 aromatic rings. The van der Waals surface area contributed by atoms with Gasteiger partial charge in [-0.1, -0.05) is 20.8 Å². The number of anilines is 1. The van der Waals surface area contributed by atoms with Crippen LogP contribution in [0.25, 0.3) is 10.9 Å². The maximum atomic E-state index is 11.1. The Bertz CT molecular complexity index is 626. The zero-order valence-corrected chi connectivity index (χ0v) is 12.0. The molecule has 1 aromatic heterocycles. The number of benzene rings is 1. The fourth-order valence-corrected chi connectivity index (χ4v) is 2.37. The van der Waals surface area contributed by atoms with Crippen LogP contribution in [0.2, 0.25) is 0 Å². The van der Waals surface area contributed by atoms with Crippen LogP contribution in [0.15, 0.2) is 30.5 Å².